The highest BCUT2D eigenvalue weighted by Crippen LogP contribution is 2.32. The normalized spacial score (nSPS) is 16.4. The van der Waals surface area contributed by atoms with Crippen molar-refractivity contribution in [1.82, 2.24) is 19.7 Å². The molecule has 1 aliphatic heterocycles. The summed E-state index contributed by atoms with van der Waals surface area (Å²) in [6, 6.07) is 18.1. The summed E-state index contributed by atoms with van der Waals surface area (Å²) in [5, 5.41) is 9.54. The van der Waals surface area contributed by atoms with Crippen LogP contribution in [0.4, 0.5) is 0 Å². The third kappa shape index (κ3) is 4.29. The molecule has 0 saturated carbocycles. The van der Waals surface area contributed by atoms with E-state index in [4.69, 9.17) is 4.74 Å². The van der Waals surface area contributed by atoms with E-state index in [0.717, 1.165) is 35.4 Å². The van der Waals surface area contributed by atoms with Crippen molar-refractivity contribution in [2.75, 3.05) is 20.2 Å². The predicted molar refractivity (Wildman–Crippen MR) is 114 cm³/mol. The maximum Gasteiger partial charge on any atom is 0.235 e. The number of carbonyl (C=O) groups is 1. The zero-order chi connectivity index (χ0) is 20.2. The fourth-order valence-corrected chi connectivity index (χ4v) is 4.58. The summed E-state index contributed by atoms with van der Waals surface area (Å²) in [5.74, 6) is 1.83. The average Bonchev–Trinajstić information content (AvgIpc) is 3.28. The Morgan fingerprint density at radius 2 is 1.86 bits per heavy atom. The number of benzene rings is 2. The first-order valence-electron chi connectivity index (χ1n) is 9.79. The van der Waals surface area contributed by atoms with Crippen molar-refractivity contribution in [3.63, 3.8) is 0 Å². The molecule has 1 aliphatic rings. The highest BCUT2D eigenvalue weighted by Gasteiger charge is 2.32. The summed E-state index contributed by atoms with van der Waals surface area (Å²) in [6.07, 6.45) is 1.49. The van der Waals surface area contributed by atoms with Crippen molar-refractivity contribution >= 4 is 17.7 Å². The largest absolute Gasteiger partial charge is 0.494 e. The summed E-state index contributed by atoms with van der Waals surface area (Å²) in [4.78, 5) is 14.2. The number of carbonyl (C=O) groups excluding carboxylic acids is 1. The number of nitrogens with zero attached hydrogens (tertiary/aromatic N) is 4. The Labute approximate surface area is 174 Å². The lowest BCUT2D eigenvalue weighted by Gasteiger charge is -2.13. The first-order chi connectivity index (χ1) is 14.2. The number of rotatable bonds is 7. The lowest BCUT2D eigenvalue weighted by molar-refractivity contribution is -0.126. The van der Waals surface area contributed by atoms with Crippen LogP contribution in [0, 0.1) is 0 Å². The molecule has 150 valence electrons. The van der Waals surface area contributed by atoms with Crippen LogP contribution in [0.15, 0.2) is 59.8 Å². The maximum atomic E-state index is 12.4. The van der Waals surface area contributed by atoms with Gasteiger partial charge in [0.15, 0.2) is 5.16 Å². The molecule has 1 fully saturated rings. The fourth-order valence-electron chi connectivity index (χ4n) is 3.41. The second-order valence-corrected chi connectivity index (χ2v) is 8.15. The van der Waals surface area contributed by atoms with E-state index in [0.29, 0.717) is 13.0 Å². The van der Waals surface area contributed by atoms with E-state index < -0.39 is 0 Å². The molecule has 0 N–H and O–H groups in total. The Morgan fingerprint density at radius 1 is 1.10 bits per heavy atom. The fraction of sp³-hybridized carbons (Fsp3) is 0.318. The van der Waals surface area contributed by atoms with Gasteiger partial charge in [-0.05, 0) is 43.2 Å². The van der Waals surface area contributed by atoms with Gasteiger partial charge < -0.3 is 9.64 Å². The van der Waals surface area contributed by atoms with Gasteiger partial charge in [-0.15, -0.1) is 10.2 Å². The third-order valence-electron chi connectivity index (χ3n) is 4.94. The van der Waals surface area contributed by atoms with Gasteiger partial charge in [0.1, 0.15) is 11.6 Å². The van der Waals surface area contributed by atoms with Crippen molar-refractivity contribution in [3.8, 4) is 11.4 Å². The summed E-state index contributed by atoms with van der Waals surface area (Å²) < 4.78 is 7.63. The molecule has 0 bridgehead atoms. The Bertz CT molecular complexity index is 972. The number of ether oxygens (including phenoxy) is 1. The minimum absolute atomic E-state index is 0.116. The van der Waals surface area contributed by atoms with E-state index in [9.17, 15) is 4.79 Å². The van der Waals surface area contributed by atoms with E-state index in [2.05, 4.69) is 26.9 Å². The van der Waals surface area contributed by atoms with E-state index >= 15 is 0 Å². The standard InChI is InChI=1S/C22H24N4O2S/c1-3-28-18-11-9-17(10-12-18)26-20(15-16-7-5-4-6-8-16)23-24-22(26)29-19-13-14-25(2)21(19)27/h4-12,19H,3,13-15H2,1-2H3. The minimum atomic E-state index is -0.116. The molecule has 2 aromatic carbocycles. The third-order valence-corrected chi connectivity index (χ3v) is 6.13. The Hall–Kier alpha value is -2.80. The molecular weight excluding hydrogens is 384 g/mol. The van der Waals surface area contributed by atoms with Crippen LogP contribution in [-0.4, -0.2) is 51.0 Å². The summed E-state index contributed by atoms with van der Waals surface area (Å²) in [6.45, 7) is 3.38. The van der Waals surface area contributed by atoms with Gasteiger partial charge in [0, 0.05) is 25.7 Å². The minimum Gasteiger partial charge on any atom is -0.494 e. The molecule has 6 nitrogen and oxygen atoms in total. The first kappa shape index (κ1) is 19.5. The quantitative estimate of drug-likeness (QED) is 0.598. The van der Waals surface area contributed by atoms with Gasteiger partial charge in [-0.2, -0.15) is 0 Å². The van der Waals surface area contributed by atoms with Gasteiger partial charge in [-0.3, -0.25) is 9.36 Å². The summed E-state index contributed by atoms with van der Waals surface area (Å²) in [5.41, 5.74) is 2.13. The van der Waals surface area contributed by atoms with Crippen LogP contribution in [0.2, 0.25) is 0 Å². The number of hydrogen-bond donors (Lipinski definition) is 0. The zero-order valence-electron chi connectivity index (χ0n) is 16.6. The van der Waals surface area contributed by atoms with Crippen molar-refractivity contribution in [2.24, 2.45) is 0 Å². The van der Waals surface area contributed by atoms with E-state index in [1.807, 2.05) is 56.4 Å². The molecule has 1 aromatic heterocycles. The molecule has 1 amide bonds. The molecule has 0 aliphatic carbocycles. The maximum absolute atomic E-state index is 12.4. The van der Waals surface area contributed by atoms with Crippen LogP contribution in [0.5, 0.6) is 5.75 Å². The molecule has 4 rings (SSSR count). The predicted octanol–water partition coefficient (Wildman–Crippen LogP) is 3.58. The van der Waals surface area contributed by atoms with Gasteiger partial charge in [0.25, 0.3) is 0 Å². The molecule has 1 unspecified atom stereocenters. The van der Waals surface area contributed by atoms with Crippen molar-refractivity contribution in [3.05, 3.63) is 66.0 Å². The Morgan fingerprint density at radius 3 is 2.52 bits per heavy atom. The highest BCUT2D eigenvalue weighted by atomic mass is 32.2. The Kier molecular flexibility index (Phi) is 5.85. The SMILES string of the molecule is CCOc1ccc(-n2c(Cc3ccccc3)nnc2SC2CCN(C)C2=O)cc1. The average molecular weight is 409 g/mol. The van der Waals surface area contributed by atoms with Crippen LogP contribution in [0.1, 0.15) is 24.7 Å². The van der Waals surface area contributed by atoms with Gasteiger partial charge in [0.2, 0.25) is 5.91 Å². The number of amides is 1. The number of thioether (sulfide) groups is 1. The highest BCUT2D eigenvalue weighted by molar-refractivity contribution is 8.00. The molecule has 7 heteroatoms. The molecule has 29 heavy (non-hydrogen) atoms. The lowest BCUT2D eigenvalue weighted by atomic mass is 10.1. The van der Waals surface area contributed by atoms with Crippen LogP contribution < -0.4 is 4.74 Å². The molecular formula is C22H24N4O2S. The molecule has 1 saturated heterocycles. The van der Waals surface area contributed by atoms with E-state index in [-0.39, 0.29) is 11.2 Å². The van der Waals surface area contributed by atoms with Crippen molar-refractivity contribution in [1.29, 1.82) is 0 Å². The Balaban J connectivity index is 1.68. The van der Waals surface area contributed by atoms with E-state index in [1.54, 1.807) is 4.90 Å². The molecule has 3 aromatic rings. The zero-order valence-corrected chi connectivity index (χ0v) is 17.4. The number of hydrogen-bond acceptors (Lipinski definition) is 5. The molecule has 0 radical (unpaired) electrons. The number of likely N-dealkylation sites (tertiary alicyclic amines) is 1. The smallest absolute Gasteiger partial charge is 0.235 e. The van der Waals surface area contributed by atoms with Crippen LogP contribution >= 0.6 is 11.8 Å². The van der Waals surface area contributed by atoms with Gasteiger partial charge in [-0.1, -0.05) is 42.1 Å². The first-order valence-corrected chi connectivity index (χ1v) is 10.7. The topological polar surface area (TPSA) is 60.2 Å². The second-order valence-electron chi connectivity index (χ2n) is 6.98. The molecule has 0 spiro atoms. The summed E-state index contributed by atoms with van der Waals surface area (Å²) in [7, 11) is 1.85. The lowest BCUT2D eigenvalue weighted by Crippen LogP contribution is -2.24. The van der Waals surface area contributed by atoms with Gasteiger partial charge >= 0.3 is 0 Å². The van der Waals surface area contributed by atoms with Crippen LogP contribution in [0.3, 0.4) is 0 Å². The van der Waals surface area contributed by atoms with Crippen LogP contribution in [0.25, 0.3) is 5.69 Å². The van der Waals surface area contributed by atoms with Crippen LogP contribution in [-0.2, 0) is 11.2 Å². The van der Waals surface area contributed by atoms with E-state index in [1.165, 1.54) is 17.3 Å². The van der Waals surface area contributed by atoms with Gasteiger partial charge in [-0.25, -0.2) is 0 Å². The monoisotopic (exact) mass is 408 g/mol. The molecule has 2 heterocycles. The van der Waals surface area contributed by atoms with Crippen molar-refractivity contribution in [2.45, 2.75) is 30.2 Å². The van der Waals surface area contributed by atoms with Gasteiger partial charge in [0.05, 0.1) is 11.9 Å². The summed E-state index contributed by atoms with van der Waals surface area (Å²) >= 11 is 1.50. The molecule has 1 atom stereocenters. The second kappa shape index (κ2) is 8.69. The number of aromatic nitrogens is 3. The van der Waals surface area contributed by atoms with Crippen molar-refractivity contribution < 1.29 is 9.53 Å².